The number of nitrogens with one attached hydrogen (secondary N) is 1. The zero-order chi connectivity index (χ0) is 13.0. The van der Waals surface area contributed by atoms with Crippen LogP contribution in [0.3, 0.4) is 0 Å². The number of carbonyl (C=O) groups excluding carboxylic acids is 1. The van der Waals surface area contributed by atoms with Crippen molar-refractivity contribution in [3.05, 3.63) is 17.5 Å². The zero-order valence-corrected chi connectivity index (χ0v) is 9.72. The standard InChI is InChI=1S/C11H14N2O5/c14-10(15)6-17-4-3-12-11(16)8-5-9(18-13-8)7-1-2-7/h5,7H,1-4,6H2,(H,12,16)(H,14,15). The normalized spacial score (nSPS) is 14.4. The van der Waals surface area contributed by atoms with Crippen molar-refractivity contribution in [2.45, 2.75) is 18.8 Å². The predicted molar refractivity (Wildman–Crippen MR) is 59.3 cm³/mol. The van der Waals surface area contributed by atoms with E-state index >= 15 is 0 Å². The van der Waals surface area contributed by atoms with Gasteiger partial charge in [0.05, 0.1) is 6.61 Å². The number of nitrogens with zero attached hydrogens (tertiary/aromatic N) is 1. The molecule has 1 aliphatic carbocycles. The molecule has 1 aromatic heterocycles. The number of amides is 1. The molecule has 2 rings (SSSR count). The first-order valence-electron chi connectivity index (χ1n) is 5.71. The molecule has 98 valence electrons. The highest BCUT2D eigenvalue weighted by Crippen LogP contribution is 2.40. The molecular weight excluding hydrogens is 240 g/mol. The molecule has 0 unspecified atom stereocenters. The van der Waals surface area contributed by atoms with E-state index in [4.69, 9.17) is 14.4 Å². The zero-order valence-electron chi connectivity index (χ0n) is 9.72. The van der Waals surface area contributed by atoms with E-state index in [2.05, 4.69) is 10.5 Å². The lowest BCUT2D eigenvalue weighted by atomic mass is 10.3. The van der Waals surface area contributed by atoms with Crippen molar-refractivity contribution >= 4 is 11.9 Å². The molecule has 1 heterocycles. The van der Waals surface area contributed by atoms with E-state index in [9.17, 15) is 9.59 Å². The molecule has 1 fully saturated rings. The minimum Gasteiger partial charge on any atom is -0.480 e. The number of hydrogen-bond acceptors (Lipinski definition) is 5. The monoisotopic (exact) mass is 254 g/mol. The van der Waals surface area contributed by atoms with Crippen LogP contribution in [0.2, 0.25) is 0 Å². The molecule has 18 heavy (non-hydrogen) atoms. The molecule has 7 heteroatoms. The summed E-state index contributed by atoms with van der Waals surface area (Å²) in [6, 6.07) is 1.64. The van der Waals surface area contributed by atoms with Gasteiger partial charge >= 0.3 is 5.97 Å². The number of rotatable bonds is 7. The fourth-order valence-corrected chi connectivity index (χ4v) is 1.44. The van der Waals surface area contributed by atoms with Gasteiger partial charge in [-0.05, 0) is 12.8 Å². The third-order valence-electron chi connectivity index (χ3n) is 2.50. The Kier molecular flexibility index (Phi) is 3.93. The molecule has 0 saturated heterocycles. The van der Waals surface area contributed by atoms with Crippen LogP contribution in [-0.2, 0) is 9.53 Å². The Balaban J connectivity index is 1.68. The van der Waals surface area contributed by atoms with E-state index in [1.807, 2.05) is 0 Å². The lowest BCUT2D eigenvalue weighted by Crippen LogP contribution is -2.28. The third-order valence-corrected chi connectivity index (χ3v) is 2.50. The van der Waals surface area contributed by atoms with Crippen LogP contribution in [0.15, 0.2) is 10.6 Å². The van der Waals surface area contributed by atoms with Crippen LogP contribution >= 0.6 is 0 Å². The van der Waals surface area contributed by atoms with Crippen molar-refractivity contribution in [3.8, 4) is 0 Å². The van der Waals surface area contributed by atoms with E-state index in [-0.39, 0.29) is 31.4 Å². The molecule has 0 spiro atoms. The van der Waals surface area contributed by atoms with Crippen LogP contribution in [0, 0.1) is 0 Å². The highest BCUT2D eigenvalue weighted by Gasteiger charge is 2.28. The first-order chi connectivity index (χ1) is 8.66. The van der Waals surface area contributed by atoms with Gasteiger partial charge < -0.3 is 19.7 Å². The molecular formula is C11H14N2O5. The molecule has 0 aromatic carbocycles. The quantitative estimate of drug-likeness (QED) is 0.682. The van der Waals surface area contributed by atoms with Gasteiger partial charge in [0, 0.05) is 18.5 Å². The van der Waals surface area contributed by atoms with Gasteiger partial charge in [-0.2, -0.15) is 0 Å². The third kappa shape index (κ3) is 3.56. The molecule has 1 saturated carbocycles. The average Bonchev–Trinajstić information content (AvgIpc) is 3.06. The minimum absolute atomic E-state index is 0.144. The van der Waals surface area contributed by atoms with Crippen molar-refractivity contribution in [3.63, 3.8) is 0 Å². The molecule has 1 aliphatic rings. The van der Waals surface area contributed by atoms with Crippen LogP contribution in [0.1, 0.15) is 35.0 Å². The number of carboxylic acids is 1. The average molecular weight is 254 g/mol. The van der Waals surface area contributed by atoms with E-state index in [0.29, 0.717) is 5.92 Å². The van der Waals surface area contributed by atoms with Gasteiger partial charge in [-0.15, -0.1) is 0 Å². The second-order valence-corrected chi connectivity index (χ2v) is 4.09. The van der Waals surface area contributed by atoms with Crippen LogP contribution in [-0.4, -0.2) is 41.9 Å². The lowest BCUT2D eigenvalue weighted by molar-refractivity contribution is -0.142. The molecule has 1 amide bonds. The summed E-state index contributed by atoms with van der Waals surface area (Å²) in [5.74, 6) is -0.211. The summed E-state index contributed by atoms with van der Waals surface area (Å²) in [5.41, 5.74) is 0.245. The molecule has 0 radical (unpaired) electrons. The summed E-state index contributed by atoms with van der Waals surface area (Å²) in [4.78, 5) is 21.7. The highest BCUT2D eigenvalue weighted by molar-refractivity contribution is 5.92. The summed E-state index contributed by atoms with van der Waals surface area (Å²) >= 11 is 0. The largest absolute Gasteiger partial charge is 0.480 e. The maximum atomic E-state index is 11.6. The van der Waals surface area contributed by atoms with Crippen LogP contribution in [0.25, 0.3) is 0 Å². The molecule has 0 bridgehead atoms. The number of ether oxygens (including phenoxy) is 1. The lowest BCUT2D eigenvalue weighted by Gasteiger charge is -2.02. The summed E-state index contributed by atoms with van der Waals surface area (Å²) in [5, 5.41) is 14.6. The second-order valence-electron chi connectivity index (χ2n) is 4.09. The summed E-state index contributed by atoms with van der Waals surface area (Å²) in [6.07, 6.45) is 2.17. The molecule has 7 nitrogen and oxygen atoms in total. The van der Waals surface area contributed by atoms with Gasteiger partial charge in [0.2, 0.25) is 0 Å². The maximum Gasteiger partial charge on any atom is 0.329 e. The Morgan fingerprint density at radius 1 is 1.56 bits per heavy atom. The van der Waals surface area contributed by atoms with Crippen molar-refractivity contribution in [1.29, 1.82) is 0 Å². The van der Waals surface area contributed by atoms with Crippen molar-refractivity contribution in [1.82, 2.24) is 10.5 Å². The van der Waals surface area contributed by atoms with Gasteiger partial charge in [-0.3, -0.25) is 4.79 Å². The number of aromatic nitrogens is 1. The Hall–Kier alpha value is -1.89. The Morgan fingerprint density at radius 2 is 2.33 bits per heavy atom. The van der Waals surface area contributed by atoms with E-state index in [1.54, 1.807) is 6.07 Å². The van der Waals surface area contributed by atoms with E-state index in [1.165, 1.54) is 0 Å². The maximum absolute atomic E-state index is 11.6. The van der Waals surface area contributed by atoms with Crippen molar-refractivity contribution in [2.24, 2.45) is 0 Å². The molecule has 0 atom stereocenters. The summed E-state index contributed by atoms with van der Waals surface area (Å²) in [6.45, 7) is 0.00870. The van der Waals surface area contributed by atoms with E-state index < -0.39 is 5.97 Å². The van der Waals surface area contributed by atoms with Gasteiger partial charge in [0.25, 0.3) is 5.91 Å². The SMILES string of the molecule is O=C(O)COCCNC(=O)c1cc(C2CC2)on1. The first-order valence-corrected chi connectivity index (χ1v) is 5.71. The van der Waals surface area contributed by atoms with Crippen LogP contribution in [0.5, 0.6) is 0 Å². The summed E-state index contributed by atoms with van der Waals surface area (Å²) < 4.78 is 9.83. The van der Waals surface area contributed by atoms with Gasteiger partial charge in [-0.25, -0.2) is 4.79 Å². The number of carbonyl (C=O) groups is 2. The molecule has 0 aliphatic heterocycles. The van der Waals surface area contributed by atoms with Crippen LogP contribution < -0.4 is 5.32 Å². The number of carboxylic acid groups (broad SMARTS) is 1. The van der Waals surface area contributed by atoms with Gasteiger partial charge in [0.1, 0.15) is 12.4 Å². The highest BCUT2D eigenvalue weighted by atomic mass is 16.5. The molecule has 1 aromatic rings. The molecule has 2 N–H and O–H groups in total. The Labute approximate surface area is 103 Å². The summed E-state index contributed by atoms with van der Waals surface area (Å²) in [7, 11) is 0. The number of hydrogen-bond donors (Lipinski definition) is 2. The topological polar surface area (TPSA) is 102 Å². The van der Waals surface area contributed by atoms with Crippen molar-refractivity contribution < 1.29 is 24.0 Å². The predicted octanol–water partition coefficient (Wildman–Crippen LogP) is 0.383. The van der Waals surface area contributed by atoms with E-state index in [0.717, 1.165) is 18.6 Å². The second kappa shape index (κ2) is 5.63. The van der Waals surface area contributed by atoms with Gasteiger partial charge in [0.15, 0.2) is 5.69 Å². The fourth-order valence-electron chi connectivity index (χ4n) is 1.44. The van der Waals surface area contributed by atoms with Crippen molar-refractivity contribution in [2.75, 3.05) is 19.8 Å². The minimum atomic E-state index is -1.04. The Bertz CT molecular complexity index is 438. The van der Waals surface area contributed by atoms with Crippen LogP contribution in [0.4, 0.5) is 0 Å². The Morgan fingerprint density at radius 3 is 3.00 bits per heavy atom. The number of aliphatic carboxylic acids is 1. The smallest absolute Gasteiger partial charge is 0.329 e. The fraction of sp³-hybridized carbons (Fsp3) is 0.545. The first kappa shape index (κ1) is 12.6. The van der Waals surface area contributed by atoms with Gasteiger partial charge in [-0.1, -0.05) is 5.16 Å².